The number of nitrogens with zero attached hydrogens (tertiary/aromatic N) is 2. The van der Waals surface area contributed by atoms with Gasteiger partial charge in [0.15, 0.2) is 0 Å². The number of hydrazine groups is 1. The third kappa shape index (κ3) is 4.85. The van der Waals surface area contributed by atoms with E-state index < -0.39 is 0 Å². The number of ketones is 1. The van der Waals surface area contributed by atoms with Crippen LogP contribution in [0, 0.1) is 30.1 Å². The Balaban J connectivity index is 0.000000189. The van der Waals surface area contributed by atoms with Crippen LogP contribution >= 0.6 is 0 Å². The molecule has 21 heavy (non-hydrogen) atoms. The highest BCUT2D eigenvalue weighted by atomic mass is 16.1. The molecule has 3 rings (SSSR count). The second kappa shape index (κ2) is 7.76. The summed E-state index contributed by atoms with van der Waals surface area (Å²) in [4.78, 5) is 10.6. The predicted octanol–water partition coefficient (Wildman–Crippen LogP) is 1.12. The van der Waals surface area contributed by atoms with Crippen molar-refractivity contribution < 1.29 is 4.79 Å². The van der Waals surface area contributed by atoms with E-state index in [-0.39, 0.29) is 11.7 Å². The number of nitrogens with one attached hydrogen (secondary N) is 1. The fourth-order valence-corrected chi connectivity index (χ4v) is 2.30. The van der Waals surface area contributed by atoms with Gasteiger partial charge in [0.2, 0.25) is 0 Å². The maximum absolute atomic E-state index is 10.6. The lowest BCUT2D eigenvalue weighted by Crippen LogP contribution is -2.09. The molecule has 1 unspecified atom stereocenters. The van der Waals surface area contributed by atoms with Gasteiger partial charge in [-0.15, -0.1) is 0 Å². The van der Waals surface area contributed by atoms with E-state index in [0.717, 1.165) is 18.5 Å². The molecule has 7 heteroatoms. The van der Waals surface area contributed by atoms with Crippen LogP contribution in [-0.4, -0.2) is 16.0 Å². The van der Waals surface area contributed by atoms with Crippen molar-refractivity contribution in [1.29, 1.82) is 5.26 Å². The monoisotopic (exact) mass is 292 g/mol. The van der Waals surface area contributed by atoms with Crippen LogP contribution in [0.15, 0.2) is 0 Å². The first kappa shape index (κ1) is 17.1. The number of aryl methyl sites for hydroxylation is 1. The van der Waals surface area contributed by atoms with Gasteiger partial charge >= 0.3 is 0 Å². The molecule has 0 spiro atoms. The summed E-state index contributed by atoms with van der Waals surface area (Å²) in [7, 11) is 0. The van der Waals surface area contributed by atoms with Gasteiger partial charge in [-0.05, 0) is 51.4 Å². The van der Waals surface area contributed by atoms with E-state index >= 15 is 0 Å². The van der Waals surface area contributed by atoms with Crippen LogP contribution in [0.25, 0.3) is 0 Å². The molecule has 0 radical (unpaired) electrons. The molecule has 7 N–H and O–H groups in total. The van der Waals surface area contributed by atoms with Crippen molar-refractivity contribution in [3.8, 4) is 6.07 Å². The van der Waals surface area contributed by atoms with Gasteiger partial charge in [-0.2, -0.15) is 10.4 Å². The van der Waals surface area contributed by atoms with Crippen molar-refractivity contribution in [3.63, 3.8) is 0 Å². The van der Waals surface area contributed by atoms with Crippen LogP contribution in [0.1, 0.15) is 49.8 Å². The lowest BCUT2D eigenvalue weighted by atomic mass is 10.0. The lowest BCUT2D eigenvalue weighted by Gasteiger charge is -1.97. The fourth-order valence-electron chi connectivity index (χ4n) is 2.30. The van der Waals surface area contributed by atoms with Crippen molar-refractivity contribution in [2.45, 2.75) is 45.4 Å². The summed E-state index contributed by atoms with van der Waals surface area (Å²) in [5.74, 6) is 9.52. The summed E-state index contributed by atoms with van der Waals surface area (Å²) in [5, 5.41) is 15.2. The number of aromatic amines is 1. The van der Waals surface area contributed by atoms with Gasteiger partial charge in [-0.3, -0.25) is 21.6 Å². The van der Waals surface area contributed by atoms with E-state index in [1.165, 1.54) is 25.3 Å². The molecule has 0 aliphatic heterocycles. The Morgan fingerprint density at radius 1 is 1.38 bits per heavy atom. The normalized spacial score (nSPS) is 17.5. The molecule has 116 valence electrons. The van der Waals surface area contributed by atoms with Gasteiger partial charge in [-0.25, -0.2) is 0 Å². The third-order valence-electron chi connectivity index (χ3n) is 3.68. The maximum Gasteiger partial charge on any atom is 0.148 e. The second-order valence-corrected chi connectivity index (χ2v) is 5.48. The van der Waals surface area contributed by atoms with Crippen LogP contribution < -0.4 is 17.4 Å². The van der Waals surface area contributed by atoms with Gasteiger partial charge in [0, 0.05) is 11.3 Å². The number of hydrogen-bond acceptors (Lipinski definition) is 6. The fraction of sp³-hybridized carbons (Fsp3) is 0.643. The number of anilines is 1. The highest BCUT2D eigenvalue weighted by Gasteiger charge is 2.33. The smallest absolute Gasteiger partial charge is 0.148 e. The van der Waals surface area contributed by atoms with Crippen molar-refractivity contribution >= 4 is 11.6 Å². The molecule has 7 nitrogen and oxygen atoms in total. The summed E-state index contributed by atoms with van der Waals surface area (Å²) in [6.45, 7) is 3.52. The number of rotatable bonds is 3. The second-order valence-electron chi connectivity index (χ2n) is 5.48. The van der Waals surface area contributed by atoms with Gasteiger partial charge < -0.3 is 5.73 Å². The van der Waals surface area contributed by atoms with E-state index in [1.807, 2.05) is 13.0 Å². The van der Waals surface area contributed by atoms with Crippen LogP contribution in [0.5, 0.6) is 0 Å². The topological polar surface area (TPSA) is 148 Å². The van der Waals surface area contributed by atoms with E-state index in [2.05, 4.69) is 21.9 Å². The number of Topliss-reactive ketones (excluding diaryl/α,β-unsaturated/α-hetero) is 1. The zero-order chi connectivity index (χ0) is 16.0. The predicted molar refractivity (Wildman–Crippen MR) is 80.6 cm³/mol. The van der Waals surface area contributed by atoms with Crippen molar-refractivity contribution in [1.82, 2.24) is 10.2 Å². The van der Waals surface area contributed by atoms with E-state index in [1.54, 1.807) is 0 Å². The molecular formula is C14H24N6O. The Hall–Kier alpha value is -1.91. The van der Waals surface area contributed by atoms with Crippen molar-refractivity contribution in [2.75, 3.05) is 5.73 Å². The van der Waals surface area contributed by atoms with E-state index in [0.29, 0.717) is 17.7 Å². The number of hydrogen-bond donors (Lipinski definition) is 4. The van der Waals surface area contributed by atoms with Crippen molar-refractivity contribution in [2.24, 2.45) is 23.5 Å². The van der Waals surface area contributed by atoms with Crippen LogP contribution in [0.2, 0.25) is 0 Å². The summed E-state index contributed by atoms with van der Waals surface area (Å²) < 4.78 is 0. The zero-order valence-electron chi connectivity index (χ0n) is 12.6. The van der Waals surface area contributed by atoms with Crippen LogP contribution in [0.3, 0.4) is 0 Å². The molecule has 2 aliphatic carbocycles. The number of nitrogen functional groups attached to an aromatic ring is 1. The number of aromatic nitrogens is 2. The molecule has 2 saturated carbocycles. The first-order valence-corrected chi connectivity index (χ1v) is 7.08. The molecular weight excluding hydrogens is 268 g/mol. The Morgan fingerprint density at radius 3 is 2.19 bits per heavy atom. The number of carbonyl (C=O) groups is 1. The summed E-state index contributed by atoms with van der Waals surface area (Å²) >= 11 is 0. The zero-order valence-corrected chi connectivity index (χ0v) is 12.6. The molecule has 1 aromatic rings. The molecule has 0 bridgehead atoms. The van der Waals surface area contributed by atoms with Gasteiger partial charge in [0.1, 0.15) is 17.5 Å². The van der Waals surface area contributed by atoms with Crippen LogP contribution in [0.4, 0.5) is 5.82 Å². The Labute approximate surface area is 124 Å². The molecule has 2 fully saturated rings. The molecule has 0 saturated heterocycles. The standard InChI is InChI=1S/C7H11N3.C7H9NO.H4N2/c1-4-6(5-2-3-5)7(8)10-9-4;1-5(9)7(4-8)6-2-3-6;1-2/h5H,2-3H2,1H3,(H3,8,9,10);6-7H,2-3H2,1H3;1-2H2. The lowest BCUT2D eigenvalue weighted by molar-refractivity contribution is -0.119. The van der Waals surface area contributed by atoms with Gasteiger partial charge in [-0.1, -0.05) is 0 Å². The molecule has 1 aromatic heterocycles. The molecule has 0 amide bonds. The van der Waals surface area contributed by atoms with Gasteiger partial charge in [0.25, 0.3) is 0 Å². The minimum Gasteiger partial charge on any atom is -0.382 e. The highest BCUT2D eigenvalue weighted by Crippen LogP contribution is 2.43. The summed E-state index contributed by atoms with van der Waals surface area (Å²) in [5.41, 5.74) is 8.03. The number of nitrogens with two attached hydrogens (primary N) is 3. The molecule has 1 atom stereocenters. The average Bonchev–Trinajstić information content (AvgIpc) is 3.35. The minimum absolute atomic E-state index is 0.0278. The van der Waals surface area contributed by atoms with Crippen molar-refractivity contribution in [3.05, 3.63) is 11.3 Å². The Bertz CT molecular complexity index is 491. The average molecular weight is 292 g/mol. The summed E-state index contributed by atoms with van der Waals surface area (Å²) in [6, 6.07) is 2.01. The first-order valence-electron chi connectivity index (χ1n) is 7.08. The summed E-state index contributed by atoms with van der Waals surface area (Å²) in [6.07, 6.45) is 4.70. The van der Waals surface area contributed by atoms with Crippen LogP contribution in [-0.2, 0) is 4.79 Å². The SMILES string of the molecule is CC(=O)C(C#N)C1CC1.Cc1[nH]nc(N)c1C1CC1.NN. The molecule has 0 aromatic carbocycles. The third-order valence-corrected chi connectivity index (χ3v) is 3.68. The number of nitriles is 1. The minimum atomic E-state index is -0.301. The number of H-pyrrole nitrogens is 1. The highest BCUT2D eigenvalue weighted by molar-refractivity contribution is 5.81. The van der Waals surface area contributed by atoms with Gasteiger partial charge in [0.05, 0.1) is 6.07 Å². The molecule has 2 aliphatic rings. The van der Waals surface area contributed by atoms with E-state index in [4.69, 9.17) is 11.0 Å². The largest absolute Gasteiger partial charge is 0.382 e. The number of carbonyl (C=O) groups excluding carboxylic acids is 1. The maximum atomic E-state index is 10.6. The Morgan fingerprint density at radius 2 is 1.95 bits per heavy atom. The Kier molecular flexibility index (Phi) is 6.34. The first-order chi connectivity index (χ1) is 10.0. The quantitative estimate of drug-likeness (QED) is 0.484. The van der Waals surface area contributed by atoms with E-state index in [9.17, 15) is 4.79 Å². The molecule has 1 heterocycles.